The molecule has 0 aromatic heterocycles. The van der Waals surface area contributed by atoms with E-state index in [1.165, 1.54) is 7.11 Å². The number of rotatable bonds is 9. The summed E-state index contributed by atoms with van der Waals surface area (Å²) in [7, 11) is 1.30. The lowest BCUT2D eigenvalue weighted by Gasteiger charge is -2.10. The minimum atomic E-state index is -0.486. The molecule has 0 aliphatic heterocycles. The molecule has 0 heterocycles. The van der Waals surface area contributed by atoms with Gasteiger partial charge in [-0.25, -0.2) is 4.79 Å². The van der Waals surface area contributed by atoms with Gasteiger partial charge in [0.15, 0.2) is 0 Å². The molecule has 0 saturated heterocycles. The first-order valence-electron chi connectivity index (χ1n) is 8.47. The van der Waals surface area contributed by atoms with Crippen LogP contribution < -0.4 is 14.8 Å². The summed E-state index contributed by atoms with van der Waals surface area (Å²) in [4.78, 5) is 23.8. The van der Waals surface area contributed by atoms with Crippen molar-refractivity contribution in [2.24, 2.45) is 0 Å². The maximum Gasteiger partial charge on any atom is 0.339 e. The molecule has 26 heavy (non-hydrogen) atoms. The van der Waals surface area contributed by atoms with Gasteiger partial charge in [0.2, 0.25) is 5.91 Å². The van der Waals surface area contributed by atoms with E-state index in [1.54, 1.807) is 24.3 Å². The molecule has 0 radical (unpaired) electrons. The van der Waals surface area contributed by atoms with Crippen LogP contribution in [-0.2, 0) is 9.53 Å². The smallest absolute Gasteiger partial charge is 0.339 e. The summed E-state index contributed by atoms with van der Waals surface area (Å²) in [5.74, 6) is 0.852. The summed E-state index contributed by atoms with van der Waals surface area (Å²) in [6.07, 6.45) is 0.839. The van der Waals surface area contributed by atoms with Crippen LogP contribution in [0.25, 0.3) is 0 Å². The summed E-state index contributed by atoms with van der Waals surface area (Å²) >= 11 is 0. The standard InChI is InChI=1S/C20H23NO5/c1-3-25-15-10-12-16(13-11-15)26-14-6-9-19(22)21-18-8-5-4-7-17(18)20(23)24-2/h4-5,7-8,10-13H,3,6,9,14H2,1-2H3,(H,21,22). The van der Waals surface area contributed by atoms with Crippen molar-refractivity contribution in [3.8, 4) is 11.5 Å². The number of hydrogen-bond donors (Lipinski definition) is 1. The Hall–Kier alpha value is -3.02. The normalized spacial score (nSPS) is 10.1. The van der Waals surface area contributed by atoms with Crippen molar-refractivity contribution in [3.05, 3.63) is 54.1 Å². The lowest BCUT2D eigenvalue weighted by molar-refractivity contribution is -0.116. The van der Waals surface area contributed by atoms with E-state index in [0.717, 1.165) is 11.5 Å². The topological polar surface area (TPSA) is 73.9 Å². The van der Waals surface area contributed by atoms with Crippen LogP contribution in [0.4, 0.5) is 5.69 Å². The SMILES string of the molecule is CCOc1ccc(OCCCC(=O)Nc2ccccc2C(=O)OC)cc1. The largest absolute Gasteiger partial charge is 0.494 e. The lowest BCUT2D eigenvalue weighted by Crippen LogP contribution is -2.15. The molecule has 2 rings (SSSR count). The quantitative estimate of drug-likeness (QED) is 0.547. The molecule has 0 aliphatic rings. The highest BCUT2D eigenvalue weighted by Gasteiger charge is 2.13. The number of ether oxygens (including phenoxy) is 3. The van der Waals surface area contributed by atoms with Gasteiger partial charge in [-0.1, -0.05) is 12.1 Å². The Morgan fingerprint density at radius 1 is 0.962 bits per heavy atom. The molecule has 0 aliphatic carbocycles. The van der Waals surface area contributed by atoms with Crippen LogP contribution in [-0.4, -0.2) is 32.2 Å². The zero-order valence-electron chi connectivity index (χ0n) is 15.0. The summed E-state index contributed by atoms with van der Waals surface area (Å²) in [5, 5.41) is 2.73. The maximum absolute atomic E-state index is 12.1. The number of carbonyl (C=O) groups excluding carboxylic acids is 2. The molecule has 0 fully saturated rings. The highest BCUT2D eigenvalue weighted by Crippen LogP contribution is 2.18. The number of hydrogen-bond acceptors (Lipinski definition) is 5. The van der Waals surface area contributed by atoms with E-state index >= 15 is 0 Å². The summed E-state index contributed by atoms with van der Waals surface area (Å²) in [6, 6.07) is 14.1. The van der Waals surface area contributed by atoms with Crippen LogP contribution in [0.2, 0.25) is 0 Å². The average molecular weight is 357 g/mol. The third-order valence-electron chi connectivity index (χ3n) is 3.56. The monoisotopic (exact) mass is 357 g/mol. The van der Waals surface area contributed by atoms with Gasteiger partial charge in [0.25, 0.3) is 0 Å². The van der Waals surface area contributed by atoms with Crippen molar-refractivity contribution in [1.29, 1.82) is 0 Å². The van der Waals surface area contributed by atoms with Crippen LogP contribution in [0.3, 0.4) is 0 Å². The second-order valence-corrected chi connectivity index (χ2v) is 5.44. The number of esters is 1. The molecule has 138 valence electrons. The summed E-state index contributed by atoms with van der Waals surface area (Å²) in [6.45, 7) is 2.97. The van der Waals surface area contributed by atoms with E-state index in [-0.39, 0.29) is 12.3 Å². The van der Waals surface area contributed by atoms with Crippen LogP contribution in [0.15, 0.2) is 48.5 Å². The average Bonchev–Trinajstić information content (AvgIpc) is 2.66. The number of para-hydroxylation sites is 1. The first-order chi connectivity index (χ1) is 12.6. The molecule has 0 saturated carbocycles. The second-order valence-electron chi connectivity index (χ2n) is 5.44. The van der Waals surface area contributed by atoms with Gasteiger partial charge in [-0.05, 0) is 49.7 Å². The Balaban J connectivity index is 1.76. The van der Waals surface area contributed by atoms with Crippen molar-refractivity contribution in [2.45, 2.75) is 19.8 Å². The minimum Gasteiger partial charge on any atom is -0.494 e. The molecule has 1 N–H and O–H groups in total. The van der Waals surface area contributed by atoms with Gasteiger partial charge >= 0.3 is 5.97 Å². The fraction of sp³-hybridized carbons (Fsp3) is 0.300. The molecule has 6 nitrogen and oxygen atoms in total. The Morgan fingerprint density at radius 2 is 1.62 bits per heavy atom. The maximum atomic E-state index is 12.1. The molecule has 2 aromatic carbocycles. The van der Waals surface area contributed by atoms with Gasteiger partial charge < -0.3 is 19.5 Å². The highest BCUT2D eigenvalue weighted by molar-refractivity contribution is 6.01. The Labute approximate surface area is 153 Å². The van der Waals surface area contributed by atoms with Crippen molar-refractivity contribution in [2.75, 3.05) is 25.6 Å². The number of amides is 1. The van der Waals surface area contributed by atoms with E-state index in [9.17, 15) is 9.59 Å². The Morgan fingerprint density at radius 3 is 2.27 bits per heavy atom. The number of anilines is 1. The molecule has 2 aromatic rings. The number of methoxy groups -OCH3 is 1. The van der Waals surface area contributed by atoms with E-state index in [1.807, 2.05) is 31.2 Å². The van der Waals surface area contributed by atoms with Crippen molar-refractivity contribution >= 4 is 17.6 Å². The summed E-state index contributed by atoms with van der Waals surface area (Å²) < 4.78 is 15.7. The third-order valence-corrected chi connectivity index (χ3v) is 3.56. The lowest BCUT2D eigenvalue weighted by atomic mass is 10.1. The van der Waals surface area contributed by atoms with Gasteiger partial charge in [0.1, 0.15) is 11.5 Å². The molecule has 0 unspecified atom stereocenters. The zero-order chi connectivity index (χ0) is 18.8. The molecule has 0 bridgehead atoms. The molecule has 0 spiro atoms. The predicted molar refractivity (Wildman–Crippen MR) is 98.8 cm³/mol. The van der Waals surface area contributed by atoms with Crippen LogP contribution in [0, 0.1) is 0 Å². The van der Waals surface area contributed by atoms with E-state index < -0.39 is 5.97 Å². The number of benzene rings is 2. The Bertz CT molecular complexity index is 727. The molecular weight excluding hydrogens is 334 g/mol. The number of carbonyl (C=O) groups is 2. The molecule has 6 heteroatoms. The van der Waals surface area contributed by atoms with Gasteiger partial charge in [-0.3, -0.25) is 4.79 Å². The zero-order valence-corrected chi connectivity index (χ0v) is 15.0. The minimum absolute atomic E-state index is 0.184. The van der Waals surface area contributed by atoms with Crippen molar-refractivity contribution < 1.29 is 23.8 Å². The Kier molecular flexibility index (Phi) is 7.49. The van der Waals surface area contributed by atoms with E-state index in [0.29, 0.717) is 30.9 Å². The van der Waals surface area contributed by atoms with Crippen LogP contribution >= 0.6 is 0 Å². The fourth-order valence-corrected chi connectivity index (χ4v) is 2.31. The van der Waals surface area contributed by atoms with Crippen molar-refractivity contribution in [3.63, 3.8) is 0 Å². The van der Waals surface area contributed by atoms with Crippen LogP contribution in [0.1, 0.15) is 30.1 Å². The first-order valence-corrected chi connectivity index (χ1v) is 8.47. The predicted octanol–water partition coefficient (Wildman–Crippen LogP) is 3.67. The second kappa shape index (κ2) is 10.1. The van der Waals surface area contributed by atoms with Gasteiger partial charge in [-0.15, -0.1) is 0 Å². The van der Waals surface area contributed by atoms with Gasteiger partial charge in [0, 0.05) is 6.42 Å². The first kappa shape index (κ1) is 19.3. The summed E-state index contributed by atoms with van der Waals surface area (Å²) in [5.41, 5.74) is 0.769. The highest BCUT2D eigenvalue weighted by atomic mass is 16.5. The number of nitrogens with one attached hydrogen (secondary N) is 1. The van der Waals surface area contributed by atoms with Gasteiger partial charge in [0.05, 0.1) is 31.6 Å². The van der Waals surface area contributed by atoms with E-state index in [4.69, 9.17) is 14.2 Å². The van der Waals surface area contributed by atoms with Gasteiger partial charge in [-0.2, -0.15) is 0 Å². The van der Waals surface area contributed by atoms with E-state index in [2.05, 4.69) is 5.32 Å². The molecule has 1 amide bonds. The van der Waals surface area contributed by atoms with Crippen LogP contribution in [0.5, 0.6) is 11.5 Å². The third kappa shape index (κ3) is 5.81. The fourth-order valence-electron chi connectivity index (χ4n) is 2.31. The molecular formula is C20H23NO5. The van der Waals surface area contributed by atoms with Crippen molar-refractivity contribution in [1.82, 2.24) is 0 Å². The molecule has 0 atom stereocenters.